The number of benzene rings is 2. The third kappa shape index (κ3) is 4.38. The highest BCUT2D eigenvalue weighted by molar-refractivity contribution is 7.99. The van der Waals surface area contributed by atoms with E-state index in [2.05, 4.69) is 15.5 Å². The summed E-state index contributed by atoms with van der Waals surface area (Å²) in [4.78, 5) is 26.3. The molecule has 26 heavy (non-hydrogen) atoms. The van der Waals surface area contributed by atoms with E-state index in [4.69, 9.17) is 16.0 Å². The van der Waals surface area contributed by atoms with Gasteiger partial charge in [-0.1, -0.05) is 35.5 Å². The molecule has 0 aliphatic carbocycles. The second kappa shape index (κ2) is 7.98. The minimum Gasteiger partial charge on any atom is -0.431 e. The van der Waals surface area contributed by atoms with Crippen molar-refractivity contribution in [2.75, 3.05) is 5.75 Å². The highest BCUT2D eigenvalue weighted by Crippen LogP contribution is 2.23. The van der Waals surface area contributed by atoms with Gasteiger partial charge in [-0.25, -0.2) is 10.4 Å². The van der Waals surface area contributed by atoms with E-state index in [1.165, 1.54) is 24.4 Å². The van der Waals surface area contributed by atoms with Crippen LogP contribution in [0.15, 0.2) is 57.2 Å². The molecule has 1 heterocycles. The Labute approximate surface area is 156 Å². The van der Waals surface area contributed by atoms with Crippen molar-refractivity contribution in [3.63, 3.8) is 0 Å². The second-order valence-electron chi connectivity index (χ2n) is 4.99. The molecule has 3 rings (SSSR count). The molecule has 132 valence electrons. The molecule has 8 nitrogen and oxygen atoms in total. The van der Waals surface area contributed by atoms with E-state index < -0.39 is 4.92 Å². The van der Waals surface area contributed by atoms with Crippen LogP contribution in [0.4, 0.5) is 5.69 Å². The number of nitrogens with zero attached hydrogens (tertiary/aromatic N) is 3. The lowest BCUT2D eigenvalue weighted by atomic mass is 10.2. The Bertz CT molecular complexity index is 972. The van der Waals surface area contributed by atoms with Crippen molar-refractivity contribution < 1.29 is 14.1 Å². The average molecular weight is 391 g/mol. The molecule has 0 spiro atoms. The van der Waals surface area contributed by atoms with Crippen LogP contribution in [-0.2, 0) is 4.79 Å². The lowest BCUT2D eigenvalue weighted by molar-refractivity contribution is -0.384. The van der Waals surface area contributed by atoms with Crippen LogP contribution in [0.25, 0.3) is 11.1 Å². The topological polar surface area (TPSA) is 111 Å². The molecule has 0 bridgehead atoms. The number of thioether (sulfide) groups is 1. The summed E-state index contributed by atoms with van der Waals surface area (Å²) in [6.45, 7) is 0. The van der Waals surface area contributed by atoms with Crippen molar-refractivity contribution in [2.45, 2.75) is 5.22 Å². The molecule has 0 unspecified atom stereocenters. The molecule has 0 radical (unpaired) electrons. The molecule has 1 N–H and O–H groups in total. The van der Waals surface area contributed by atoms with Gasteiger partial charge in [0.1, 0.15) is 5.52 Å². The number of rotatable bonds is 6. The van der Waals surface area contributed by atoms with Gasteiger partial charge in [-0.3, -0.25) is 14.9 Å². The molecule has 1 amide bonds. The Hall–Kier alpha value is -2.91. The zero-order chi connectivity index (χ0) is 18.5. The molecule has 0 aliphatic heterocycles. The number of nitrogens with one attached hydrogen (secondary N) is 1. The first kappa shape index (κ1) is 17.9. The molecule has 10 heteroatoms. The van der Waals surface area contributed by atoms with Crippen LogP contribution < -0.4 is 5.43 Å². The number of carbonyl (C=O) groups is 1. The third-order valence-corrected chi connectivity index (χ3v) is 4.36. The molecule has 3 aromatic rings. The third-order valence-electron chi connectivity index (χ3n) is 3.18. The summed E-state index contributed by atoms with van der Waals surface area (Å²) < 4.78 is 5.50. The molecular formula is C16H11ClN4O4S. The van der Waals surface area contributed by atoms with Crippen LogP contribution >= 0.6 is 23.4 Å². The number of halogens is 1. The van der Waals surface area contributed by atoms with Gasteiger partial charge in [0.05, 0.1) is 16.9 Å². The van der Waals surface area contributed by atoms with Crippen LogP contribution in [0.5, 0.6) is 0 Å². The van der Waals surface area contributed by atoms with Gasteiger partial charge in [-0.05, 0) is 18.2 Å². The highest BCUT2D eigenvalue weighted by atomic mass is 35.5. The number of non-ortho nitro benzene ring substituents is 1. The molecule has 2 aromatic carbocycles. The van der Waals surface area contributed by atoms with Crippen molar-refractivity contribution in [1.82, 2.24) is 10.4 Å². The van der Waals surface area contributed by atoms with Gasteiger partial charge in [-0.15, -0.1) is 0 Å². The summed E-state index contributed by atoms with van der Waals surface area (Å²) >= 11 is 7.08. The van der Waals surface area contributed by atoms with Crippen LogP contribution in [0.1, 0.15) is 5.56 Å². The van der Waals surface area contributed by atoms with Crippen molar-refractivity contribution in [2.24, 2.45) is 5.10 Å². The molecule has 0 aliphatic rings. The van der Waals surface area contributed by atoms with Crippen LogP contribution in [0.2, 0.25) is 5.02 Å². The Morgan fingerprint density at radius 3 is 2.96 bits per heavy atom. The number of carbonyl (C=O) groups excluding carboxylic acids is 1. The maximum absolute atomic E-state index is 11.8. The maximum Gasteiger partial charge on any atom is 0.270 e. The first-order chi connectivity index (χ1) is 12.5. The fourth-order valence-corrected chi connectivity index (χ4v) is 2.79. The summed E-state index contributed by atoms with van der Waals surface area (Å²) in [5.74, 6) is -0.331. The summed E-state index contributed by atoms with van der Waals surface area (Å²) in [5.41, 5.74) is 3.90. The maximum atomic E-state index is 11.8. The van der Waals surface area contributed by atoms with E-state index in [1.807, 2.05) is 18.2 Å². The van der Waals surface area contributed by atoms with E-state index in [9.17, 15) is 14.9 Å². The SMILES string of the molecule is O=C(CSc1nc2ccccc2o1)N/N=C/c1cc([N+](=O)[O-])ccc1Cl. The molecule has 0 saturated carbocycles. The number of para-hydroxylation sites is 2. The Morgan fingerprint density at radius 1 is 1.38 bits per heavy atom. The number of oxazole rings is 1. The van der Waals surface area contributed by atoms with Crippen LogP contribution in [0, 0.1) is 10.1 Å². The van der Waals surface area contributed by atoms with Crippen molar-refractivity contribution in [3.8, 4) is 0 Å². The number of fused-ring (bicyclic) bond motifs is 1. The van der Waals surface area contributed by atoms with Gasteiger partial charge < -0.3 is 4.42 Å². The largest absolute Gasteiger partial charge is 0.431 e. The number of hydrogen-bond acceptors (Lipinski definition) is 7. The van der Waals surface area contributed by atoms with Crippen molar-refractivity contribution >= 4 is 52.3 Å². The molecule has 0 saturated heterocycles. The minimum absolute atomic E-state index is 0.0484. The fourth-order valence-electron chi connectivity index (χ4n) is 1.99. The van der Waals surface area contributed by atoms with Gasteiger partial charge in [-0.2, -0.15) is 5.10 Å². The fraction of sp³-hybridized carbons (Fsp3) is 0.0625. The first-order valence-corrected chi connectivity index (χ1v) is 8.63. The second-order valence-corrected chi connectivity index (χ2v) is 6.33. The predicted molar refractivity (Wildman–Crippen MR) is 98.6 cm³/mol. The van der Waals surface area contributed by atoms with Gasteiger partial charge in [0.25, 0.3) is 16.8 Å². The van der Waals surface area contributed by atoms with Crippen LogP contribution in [-0.4, -0.2) is 27.8 Å². The smallest absolute Gasteiger partial charge is 0.270 e. The van der Waals surface area contributed by atoms with Gasteiger partial charge in [0.15, 0.2) is 5.58 Å². The van der Waals surface area contributed by atoms with Crippen molar-refractivity contribution in [3.05, 3.63) is 63.2 Å². The summed E-state index contributed by atoms with van der Waals surface area (Å²) in [6.07, 6.45) is 1.25. The van der Waals surface area contributed by atoms with Gasteiger partial charge in [0, 0.05) is 22.7 Å². The van der Waals surface area contributed by atoms with Gasteiger partial charge >= 0.3 is 0 Å². The monoisotopic (exact) mass is 390 g/mol. The van der Waals surface area contributed by atoms with E-state index in [0.29, 0.717) is 21.9 Å². The summed E-state index contributed by atoms with van der Waals surface area (Å²) in [6, 6.07) is 11.2. The lowest BCUT2D eigenvalue weighted by Crippen LogP contribution is -2.19. The molecule has 0 fully saturated rings. The molecule has 0 atom stereocenters. The summed E-state index contributed by atoms with van der Waals surface area (Å²) in [5, 5.41) is 15.2. The zero-order valence-corrected chi connectivity index (χ0v) is 14.7. The standard InChI is InChI=1S/C16H11ClN4O4S/c17-12-6-5-11(21(23)24)7-10(12)8-18-20-15(22)9-26-16-19-13-3-1-2-4-14(13)25-16/h1-8H,9H2,(H,20,22)/b18-8+. The van der Waals surface area contributed by atoms with E-state index in [1.54, 1.807) is 6.07 Å². The minimum atomic E-state index is -0.538. The quantitative estimate of drug-likeness (QED) is 0.298. The highest BCUT2D eigenvalue weighted by Gasteiger charge is 2.10. The normalized spacial score (nSPS) is 11.1. The molecular weight excluding hydrogens is 380 g/mol. The Kier molecular flexibility index (Phi) is 5.49. The zero-order valence-electron chi connectivity index (χ0n) is 13.1. The Balaban J connectivity index is 1.56. The number of nitro benzene ring substituents is 1. The first-order valence-electron chi connectivity index (χ1n) is 7.27. The predicted octanol–water partition coefficient (Wildman–Crippen LogP) is 3.63. The Morgan fingerprint density at radius 2 is 2.19 bits per heavy atom. The number of hydrogen-bond donors (Lipinski definition) is 1. The van der Waals surface area contributed by atoms with E-state index in [-0.39, 0.29) is 22.4 Å². The van der Waals surface area contributed by atoms with E-state index in [0.717, 1.165) is 11.8 Å². The molecule has 1 aromatic heterocycles. The number of amides is 1. The van der Waals surface area contributed by atoms with E-state index >= 15 is 0 Å². The van der Waals surface area contributed by atoms with Crippen LogP contribution in [0.3, 0.4) is 0 Å². The summed E-state index contributed by atoms with van der Waals surface area (Å²) in [7, 11) is 0. The van der Waals surface area contributed by atoms with Crippen molar-refractivity contribution in [1.29, 1.82) is 0 Å². The number of aromatic nitrogens is 1. The number of hydrazone groups is 1. The lowest BCUT2D eigenvalue weighted by Gasteiger charge is -1.99. The average Bonchev–Trinajstić information content (AvgIpc) is 3.04. The van der Waals surface area contributed by atoms with Gasteiger partial charge in [0.2, 0.25) is 0 Å². The number of nitro groups is 1.